The standard InChI is InChI=1S/C23H17F3/c1-16-7-9-19(10-8-16)21-15-22(21,23(24,25)26)20-13-11-18(12-14-20)17-5-3-2-4-6-17/h2-15H,1H3. The molecule has 3 aromatic carbocycles. The van der Waals surface area contributed by atoms with Crippen molar-refractivity contribution in [2.75, 3.05) is 0 Å². The Bertz CT molecular complexity index is 949. The van der Waals surface area contributed by atoms with Crippen LogP contribution in [0.3, 0.4) is 0 Å². The molecule has 0 heterocycles. The molecule has 0 N–H and O–H groups in total. The lowest BCUT2D eigenvalue weighted by atomic mass is 9.86. The van der Waals surface area contributed by atoms with Gasteiger partial charge in [-0.15, -0.1) is 0 Å². The number of hydrogen-bond donors (Lipinski definition) is 0. The molecule has 1 aliphatic rings. The van der Waals surface area contributed by atoms with Gasteiger partial charge in [0.1, 0.15) is 5.41 Å². The third-order valence-corrected chi connectivity index (χ3v) is 4.96. The number of aryl methyl sites for hydroxylation is 1. The van der Waals surface area contributed by atoms with Crippen LogP contribution >= 0.6 is 0 Å². The van der Waals surface area contributed by atoms with Crippen LogP contribution < -0.4 is 0 Å². The van der Waals surface area contributed by atoms with E-state index in [-0.39, 0.29) is 5.56 Å². The minimum Gasteiger partial charge on any atom is -0.169 e. The van der Waals surface area contributed by atoms with Crippen LogP contribution in [0.4, 0.5) is 13.2 Å². The number of allylic oxidation sites excluding steroid dienone is 2. The van der Waals surface area contributed by atoms with Crippen LogP contribution in [0.5, 0.6) is 0 Å². The molecule has 0 nitrogen and oxygen atoms in total. The Balaban J connectivity index is 1.70. The summed E-state index contributed by atoms with van der Waals surface area (Å²) in [6.07, 6.45) is -3.03. The van der Waals surface area contributed by atoms with Crippen LogP contribution in [0.2, 0.25) is 0 Å². The molecule has 0 radical (unpaired) electrons. The number of alkyl halides is 3. The van der Waals surface area contributed by atoms with Gasteiger partial charge in [0.15, 0.2) is 0 Å². The highest BCUT2D eigenvalue weighted by Crippen LogP contribution is 2.61. The van der Waals surface area contributed by atoms with E-state index in [0.717, 1.165) is 16.7 Å². The summed E-state index contributed by atoms with van der Waals surface area (Å²) in [5.41, 5.74) is 2.17. The van der Waals surface area contributed by atoms with E-state index < -0.39 is 11.6 Å². The van der Waals surface area contributed by atoms with E-state index in [1.807, 2.05) is 49.4 Å². The topological polar surface area (TPSA) is 0 Å². The molecular weight excluding hydrogens is 333 g/mol. The smallest absolute Gasteiger partial charge is 0.169 e. The lowest BCUT2D eigenvalue weighted by Crippen LogP contribution is -2.31. The Morgan fingerprint density at radius 3 is 1.77 bits per heavy atom. The Hall–Kier alpha value is -2.81. The van der Waals surface area contributed by atoms with Crippen LogP contribution in [0.15, 0.2) is 84.9 Å². The molecule has 3 heteroatoms. The minimum atomic E-state index is -4.36. The number of benzene rings is 3. The molecule has 0 fully saturated rings. The number of rotatable bonds is 3. The van der Waals surface area contributed by atoms with Gasteiger partial charge in [-0.3, -0.25) is 0 Å². The van der Waals surface area contributed by atoms with E-state index in [9.17, 15) is 13.2 Å². The zero-order valence-electron chi connectivity index (χ0n) is 14.2. The first-order valence-corrected chi connectivity index (χ1v) is 8.45. The molecule has 3 aromatic rings. The van der Waals surface area contributed by atoms with Gasteiger partial charge in [0, 0.05) is 0 Å². The van der Waals surface area contributed by atoms with E-state index in [0.29, 0.717) is 11.1 Å². The monoisotopic (exact) mass is 350 g/mol. The lowest BCUT2D eigenvalue weighted by molar-refractivity contribution is -0.151. The first kappa shape index (κ1) is 16.6. The quantitative estimate of drug-likeness (QED) is 0.502. The Kier molecular flexibility index (Phi) is 3.76. The third-order valence-electron chi connectivity index (χ3n) is 4.96. The first-order chi connectivity index (χ1) is 12.4. The van der Waals surface area contributed by atoms with E-state index in [2.05, 4.69) is 0 Å². The normalized spacial score (nSPS) is 19.2. The Morgan fingerprint density at radius 2 is 1.19 bits per heavy atom. The van der Waals surface area contributed by atoms with Crippen LogP contribution in [-0.4, -0.2) is 6.18 Å². The molecule has 130 valence electrons. The Labute approximate surface area is 150 Å². The molecule has 0 bridgehead atoms. The largest absolute Gasteiger partial charge is 0.405 e. The van der Waals surface area contributed by atoms with Gasteiger partial charge in [0.2, 0.25) is 0 Å². The fraction of sp³-hybridized carbons (Fsp3) is 0.130. The summed E-state index contributed by atoms with van der Waals surface area (Å²) < 4.78 is 41.9. The van der Waals surface area contributed by atoms with Gasteiger partial charge in [-0.25, -0.2) is 0 Å². The SMILES string of the molecule is Cc1ccc(C2=CC2(c2ccc(-c3ccccc3)cc2)C(F)(F)F)cc1. The molecular formula is C23H17F3. The average Bonchev–Trinajstić information content (AvgIpc) is 3.40. The molecule has 1 aliphatic carbocycles. The second kappa shape index (κ2) is 5.87. The second-order valence-corrected chi connectivity index (χ2v) is 6.67. The second-order valence-electron chi connectivity index (χ2n) is 6.67. The fourth-order valence-corrected chi connectivity index (χ4v) is 3.42. The predicted molar refractivity (Wildman–Crippen MR) is 98.8 cm³/mol. The summed E-state index contributed by atoms with van der Waals surface area (Å²) in [4.78, 5) is 0. The summed E-state index contributed by atoms with van der Waals surface area (Å²) in [6, 6.07) is 23.5. The lowest BCUT2D eigenvalue weighted by Gasteiger charge is -2.23. The van der Waals surface area contributed by atoms with Gasteiger partial charge in [0.25, 0.3) is 0 Å². The van der Waals surface area contributed by atoms with Gasteiger partial charge < -0.3 is 0 Å². The van der Waals surface area contributed by atoms with Crippen molar-refractivity contribution in [1.29, 1.82) is 0 Å². The van der Waals surface area contributed by atoms with Crippen LogP contribution in [0, 0.1) is 6.92 Å². The fourth-order valence-electron chi connectivity index (χ4n) is 3.42. The third kappa shape index (κ3) is 2.64. The molecule has 1 unspecified atom stereocenters. The first-order valence-electron chi connectivity index (χ1n) is 8.45. The van der Waals surface area contributed by atoms with Crippen molar-refractivity contribution in [2.45, 2.75) is 18.5 Å². The van der Waals surface area contributed by atoms with Crippen LogP contribution in [0.25, 0.3) is 16.7 Å². The highest BCUT2D eigenvalue weighted by atomic mass is 19.4. The van der Waals surface area contributed by atoms with Crippen LogP contribution in [0.1, 0.15) is 16.7 Å². The number of halogens is 3. The van der Waals surface area contributed by atoms with Crippen LogP contribution in [-0.2, 0) is 5.41 Å². The van der Waals surface area contributed by atoms with Gasteiger partial charge in [-0.1, -0.05) is 90.5 Å². The molecule has 0 saturated heterocycles. The van der Waals surface area contributed by atoms with Gasteiger partial charge >= 0.3 is 6.18 Å². The maximum Gasteiger partial charge on any atom is 0.405 e. The average molecular weight is 350 g/mol. The summed E-state index contributed by atoms with van der Waals surface area (Å²) >= 11 is 0. The highest BCUT2D eigenvalue weighted by Gasteiger charge is 2.65. The van der Waals surface area contributed by atoms with Crippen molar-refractivity contribution in [3.05, 3.63) is 102 Å². The maximum absolute atomic E-state index is 14.0. The molecule has 0 aromatic heterocycles. The maximum atomic E-state index is 14.0. The molecule has 4 rings (SSSR count). The van der Waals surface area contributed by atoms with E-state index in [1.54, 1.807) is 36.4 Å². The highest BCUT2D eigenvalue weighted by molar-refractivity contribution is 5.92. The summed E-state index contributed by atoms with van der Waals surface area (Å²) in [5, 5.41) is 0. The van der Waals surface area contributed by atoms with E-state index >= 15 is 0 Å². The summed E-state index contributed by atoms with van der Waals surface area (Å²) in [7, 11) is 0. The van der Waals surface area contributed by atoms with E-state index in [4.69, 9.17) is 0 Å². The molecule has 0 spiro atoms. The van der Waals surface area contributed by atoms with Gasteiger partial charge in [-0.2, -0.15) is 13.2 Å². The van der Waals surface area contributed by atoms with Crippen molar-refractivity contribution >= 4 is 5.57 Å². The molecule has 26 heavy (non-hydrogen) atoms. The van der Waals surface area contributed by atoms with Gasteiger partial charge in [0.05, 0.1) is 0 Å². The zero-order chi connectivity index (χ0) is 18.4. The molecule has 0 amide bonds. The summed E-state index contributed by atoms with van der Waals surface area (Å²) in [5.74, 6) is 0. The van der Waals surface area contributed by atoms with Crippen molar-refractivity contribution in [1.82, 2.24) is 0 Å². The number of hydrogen-bond acceptors (Lipinski definition) is 0. The Morgan fingerprint density at radius 1 is 0.654 bits per heavy atom. The van der Waals surface area contributed by atoms with Crippen molar-refractivity contribution < 1.29 is 13.2 Å². The molecule has 0 aliphatic heterocycles. The molecule has 0 saturated carbocycles. The van der Waals surface area contributed by atoms with Crippen molar-refractivity contribution in [3.63, 3.8) is 0 Å². The zero-order valence-corrected chi connectivity index (χ0v) is 14.2. The van der Waals surface area contributed by atoms with Crippen molar-refractivity contribution in [3.8, 4) is 11.1 Å². The van der Waals surface area contributed by atoms with Crippen molar-refractivity contribution in [2.24, 2.45) is 0 Å². The minimum absolute atomic E-state index is 0.264. The summed E-state index contributed by atoms with van der Waals surface area (Å²) in [6.45, 7) is 1.92. The predicted octanol–water partition coefficient (Wildman–Crippen LogP) is 6.56. The van der Waals surface area contributed by atoms with Gasteiger partial charge in [-0.05, 0) is 34.8 Å². The molecule has 1 atom stereocenters. The van der Waals surface area contributed by atoms with E-state index in [1.165, 1.54) is 6.08 Å².